The van der Waals surface area contributed by atoms with Crippen LogP contribution in [0.5, 0.6) is 5.75 Å². The summed E-state index contributed by atoms with van der Waals surface area (Å²) in [5, 5.41) is 2.95. The highest BCUT2D eigenvalue weighted by Gasteiger charge is 2.17. The molecule has 0 saturated heterocycles. The number of nitrogens with one attached hydrogen (secondary N) is 1. The van der Waals surface area contributed by atoms with Crippen LogP contribution >= 0.6 is 0 Å². The lowest BCUT2D eigenvalue weighted by molar-refractivity contribution is -0.125. The van der Waals surface area contributed by atoms with Crippen molar-refractivity contribution in [3.63, 3.8) is 0 Å². The summed E-state index contributed by atoms with van der Waals surface area (Å²) >= 11 is 0. The Hall–Kier alpha value is -2.82. The van der Waals surface area contributed by atoms with Gasteiger partial charge in [-0.1, -0.05) is 50.2 Å². The molecule has 2 aromatic carbocycles. The third kappa shape index (κ3) is 5.92. The van der Waals surface area contributed by atoms with Crippen LogP contribution in [0.25, 0.3) is 0 Å². The van der Waals surface area contributed by atoms with Crippen molar-refractivity contribution in [1.82, 2.24) is 5.32 Å². The first kappa shape index (κ1) is 19.5. The SMILES string of the molecule is COc1cccc(C(=O)OCC(=O)N[C@H](CC(C)C)c2ccccc2)c1. The lowest BCUT2D eigenvalue weighted by Crippen LogP contribution is -2.33. The molecule has 2 rings (SSSR count). The van der Waals surface area contributed by atoms with Crippen LogP contribution in [0.4, 0.5) is 0 Å². The van der Waals surface area contributed by atoms with Gasteiger partial charge in [-0.3, -0.25) is 4.79 Å². The lowest BCUT2D eigenvalue weighted by atomic mass is 9.97. The fraction of sp³-hybridized carbons (Fsp3) is 0.333. The van der Waals surface area contributed by atoms with Crippen molar-refractivity contribution in [2.45, 2.75) is 26.3 Å². The standard InChI is InChI=1S/C21H25NO4/c1-15(2)12-19(16-8-5-4-6-9-16)22-20(23)14-26-21(24)17-10-7-11-18(13-17)25-3/h4-11,13,15,19H,12,14H2,1-3H3,(H,22,23)/t19-/m1/s1. The molecule has 5 heteroatoms. The average molecular weight is 355 g/mol. The Morgan fingerprint density at radius 3 is 2.42 bits per heavy atom. The number of benzene rings is 2. The Morgan fingerprint density at radius 2 is 1.77 bits per heavy atom. The van der Waals surface area contributed by atoms with Crippen molar-refractivity contribution >= 4 is 11.9 Å². The summed E-state index contributed by atoms with van der Waals surface area (Å²) in [6.07, 6.45) is 0.805. The quantitative estimate of drug-likeness (QED) is 0.733. The van der Waals surface area contributed by atoms with Crippen LogP contribution in [0.15, 0.2) is 54.6 Å². The number of hydrogen-bond donors (Lipinski definition) is 1. The Balaban J connectivity index is 1.94. The van der Waals surface area contributed by atoms with E-state index in [4.69, 9.17) is 9.47 Å². The maximum absolute atomic E-state index is 12.3. The first-order chi connectivity index (χ1) is 12.5. The van der Waals surface area contributed by atoms with Crippen molar-refractivity contribution < 1.29 is 19.1 Å². The van der Waals surface area contributed by atoms with Crippen molar-refractivity contribution in [1.29, 1.82) is 0 Å². The number of amides is 1. The zero-order chi connectivity index (χ0) is 18.9. The van der Waals surface area contributed by atoms with E-state index < -0.39 is 5.97 Å². The maximum atomic E-state index is 12.3. The second kappa shape index (κ2) is 9.61. The minimum atomic E-state index is -0.556. The summed E-state index contributed by atoms with van der Waals surface area (Å²) in [6, 6.07) is 16.3. The monoisotopic (exact) mass is 355 g/mol. The fourth-order valence-electron chi connectivity index (χ4n) is 2.64. The molecule has 2 aromatic rings. The minimum Gasteiger partial charge on any atom is -0.497 e. The molecule has 0 bridgehead atoms. The topological polar surface area (TPSA) is 64.6 Å². The lowest BCUT2D eigenvalue weighted by Gasteiger charge is -2.21. The molecule has 0 fully saturated rings. The van der Waals surface area contributed by atoms with Crippen molar-refractivity contribution in [3.05, 3.63) is 65.7 Å². The molecule has 0 aromatic heterocycles. The van der Waals surface area contributed by atoms with E-state index in [0.29, 0.717) is 17.2 Å². The van der Waals surface area contributed by atoms with E-state index in [-0.39, 0.29) is 18.6 Å². The van der Waals surface area contributed by atoms with Gasteiger partial charge < -0.3 is 14.8 Å². The second-order valence-electron chi connectivity index (χ2n) is 6.47. The number of carbonyl (C=O) groups excluding carboxylic acids is 2. The highest BCUT2D eigenvalue weighted by molar-refractivity contribution is 5.91. The Kier molecular flexibility index (Phi) is 7.21. The molecule has 0 aliphatic carbocycles. The summed E-state index contributed by atoms with van der Waals surface area (Å²) in [5.74, 6) is 0.0970. The molecule has 0 unspecified atom stereocenters. The fourth-order valence-corrected chi connectivity index (χ4v) is 2.64. The molecule has 26 heavy (non-hydrogen) atoms. The van der Waals surface area contributed by atoms with E-state index in [2.05, 4.69) is 19.2 Å². The van der Waals surface area contributed by atoms with Crippen molar-refractivity contribution in [2.24, 2.45) is 5.92 Å². The number of esters is 1. The van der Waals surface area contributed by atoms with Crippen molar-refractivity contribution in [2.75, 3.05) is 13.7 Å². The van der Waals surface area contributed by atoms with Gasteiger partial charge in [-0.2, -0.15) is 0 Å². The second-order valence-corrected chi connectivity index (χ2v) is 6.47. The summed E-state index contributed by atoms with van der Waals surface area (Å²) in [7, 11) is 1.52. The first-order valence-corrected chi connectivity index (χ1v) is 8.65. The zero-order valence-corrected chi connectivity index (χ0v) is 15.4. The average Bonchev–Trinajstić information content (AvgIpc) is 2.66. The van der Waals surface area contributed by atoms with Crippen LogP contribution in [0.3, 0.4) is 0 Å². The van der Waals surface area contributed by atoms with Crippen molar-refractivity contribution in [3.8, 4) is 5.75 Å². The van der Waals surface area contributed by atoms with Gasteiger partial charge >= 0.3 is 5.97 Å². The molecule has 1 atom stereocenters. The number of methoxy groups -OCH3 is 1. The number of carbonyl (C=O) groups is 2. The summed E-state index contributed by atoms with van der Waals surface area (Å²) in [5.41, 5.74) is 1.38. The number of hydrogen-bond acceptors (Lipinski definition) is 4. The minimum absolute atomic E-state index is 0.112. The molecular weight excluding hydrogens is 330 g/mol. The predicted molar refractivity (Wildman–Crippen MR) is 100 cm³/mol. The first-order valence-electron chi connectivity index (χ1n) is 8.65. The molecule has 0 heterocycles. The van der Waals surface area contributed by atoms with Gasteiger partial charge in [0, 0.05) is 0 Å². The predicted octanol–water partition coefficient (Wildman–Crippen LogP) is 3.76. The molecule has 138 valence electrons. The highest BCUT2D eigenvalue weighted by atomic mass is 16.5. The third-order valence-corrected chi connectivity index (χ3v) is 3.88. The maximum Gasteiger partial charge on any atom is 0.338 e. The van der Waals surface area contributed by atoms with Gasteiger partial charge in [0.2, 0.25) is 0 Å². The van der Waals surface area contributed by atoms with E-state index in [0.717, 1.165) is 12.0 Å². The zero-order valence-electron chi connectivity index (χ0n) is 15.4. The summed E-state index contributed by atoms with van der Waals surface area (Å²) in [4.78, 5) is 24.3. The van der Waals surface area contributed by atoms with Gasteiger partial charge in [-0.05, 0) is 36.1 Å². The van der Waals surface area contributed by atoms with Gasteiger partial charge in [-0.25, -0.2) is 4.79 Å². The van der Waals surface area contributed by atoms with E-state index in [9.17, 15) is 9.59 Å². The van der Waals surface area contributed by atoms with E-state index in [1.807, 2.05) is 30.3 Å². The molecule has 0 saturated carbocycles. The normalized spacial score (nSPS) is 11.7. The smallest absolute Gasteiger partial charge is 0.338 e. The molecule has 5 nitrogen and oxygen atoms in total. The van der Waals surface area contributed by atoms with Crippen LogP contribution in [0, 0.1) is 5.92 Å². The van der Waals surface area contributed by atoms with Gasteiger partial charge in [0.1, 0.15) is 5.75 Å². The Labute approximate surface area is 154 Å². The number of ether oxygens (including phenoxy) is 2. The largest absolute Gasteiger partial charge is 0.497 e. The molecule has 0 aliphatic rings. The van der Waals surface area contributed by atoms with Crippen LogP contribution in [-0.4, -0.2) is 25.6 Å². The molecule has 0 spiro atoms. The van der Waals surface area contributed by atoms with Gasteiger partial charge in [0.05, 0.1) is 18.7 Å². The van der Waals surface area contributed by atoms with Gasteiger partial charge in [0.25, 0.3) is 5.91 Å². The number of rotatable bonds is 8. The Bertz CT molecular complexity index is 728. The van der Waals surface area contributed by atoms with E-state index >= 15 is 0 Å². The Morgan fingerprint density at radius 1 is 1.04 bits per heavy atom. The van der Waals surface area contributed by atoms with Crippen LogP contribution < -0.4 is 10.1 Å². The third-order valence-electron chi connectivity index (χ3n) is 3.88. The molecule has 0 aliphatic heterocycles. The van der Waals surface area contributed by atoms with Gasteiger partial charge in [-0.15, -0.1) is 0 Å². The summed E-state index contributed by atoms with van der Waals surface area (Å²) in [6.45, 7) is 3.88. The molecule has 1 amide bonds. The van der Waals surface area contributed by atoms with Crippen LogP contribution in [-0.2, 0) is 9.53 Å². The van der Waals surface area contributed by atoms with Crippen LogP contribution in [0.1, 0.15) is 42.2 Å². The highest BCUT2D eigenvalue weighted by Crippen LogP contribution is 2.21. The van der Waals surface area contributed by atoms with E-state index in [1.165, 1.54) is 7.11 Å². The molecule has 0 radical (unpaired) electrons. The molecular formula is C21H25NO4. The van der Waals surface area contributed by atoms with E-state index in [1.54, 1.807) is 24.3 Å². The summed E-state index contributed by atoms with van der Waals surface area (Å²) < 4.78 is 10.2. The molecule has 1 N–H and O–H groups in total. The van der Waals surface area contributed by atoms with Gasteiger partial charge in [0.15, 0.2) is 6.61 Å². The van der Waals surface area contributed by atoms with Crippen LogP contribution in [0.2, 0.25) is 0 Å².